The number of rotatable bonds is 6. The van der Waals surface area contributed by atoms with Crippen molar-refractivity contribution in [2.45, 2.75) is 44.1 Å². The molecular weight excluding hydrogens is 332 g/mol. The van der Waals surface area contributed by atoms with Crippen LogP contribution in [0.4, 0.5) is 4.79 Å². The highest BCUT2D eigenvalue weighted by atomic mass is 16.6. The third kappa shape index (κ3) is 4.36. The van der Waals surface area contributed by atoms with E-state index in [9.17, 15) is 9.59 Å². The summed E-state index contributed by atoms with van der Waals surface area (Å²) < 4.78 is 10.8. The first-order chi connectivity index (χ1) is 12.4. The molecule has 1 atom stereocenters. The van der Waals surface area contributed by atoms with Gasteiger partial charge in [0.2, 0.25) is 5.91 Å². The minimum Gasteiger partial charge on any atom is -0.448 e. The van der Waals surface area contributed by atoms with Crippen LogP contribution in [-0.4, -0.2) is 55.3 Å². The number of carbonyl (C=O) groups is 2. The second-order valence-electron chi connectivity index (χ2n) is 7.82. The van der Waals surface area contributed by atoms with Gasteiger partial charge < -0.3 is 14.8 Å². The van der Waals surface area contributed by atoms with Gasteiger partial charge in [-0.2, -0.15) is 0 Å². The van der Waals surface area contributed by atoms with Gasteiger partial charge in [-0.3, -0.25) is 9.69 Å². The molecule has 0 radical (unpaired) electrons. The molecule has 3 rings (SSSR count). The van der Waals surface area contributed by atoms with Crippen LogP contribution in [0.5, 0.6) is 0 Å². The smallest absolute Gasteiger partial charge is 0.410 e. The second kappa shape index (κ2) is 7.66. The van der Waals surface area contributed by atoms with E-state index in [-0.39, 0.29) is 23.5 Å². The van der Waals surface area contributed by atoms with E-state index < -0.39 is 6.09 Å². The van der Waals surface area contributed by atoms with Gasteiger partial charge in [-0.05, 0) is 38.7 Å². The van der Waals surface area contributed by atoms with Crippen LogP contribution < -0.4 is 5.32 Å². The Morgan fingerprint density at radius 3 is 2.65 bits per heavy atom. The van der Waals surface area contributed by atoms with Crippen LogP contribution in [0.2, 0.25) is 0 Å². The predicted molar refractivity (Wildman–Crippen MR) is 97.9 cm³/mol. The number of carbonyl (C=O) groups excluding carboxylic acids is 2. The van der Waals surface area contributed by atoms with Crippen molar-refractivity contribution in [3.05, 3.63) is 35.9 Å². The SMILES string of the molecule is CC1(C)C[C@](CCNC(=O)CN2CCOC2=O)(c2ccccc2)CCO1. The summed E-state index contributed by atoms with van der Waals surface area (Å²) in [5.74, 6) is -0.140. The van der Waals surface area contributed by atoms with E-state index in [2.05, 4.69) is 43.4 Å². The van der Waals surface area contributed by atoms with Gasteiger partial charge in [0.15, 0.2) is 0 Å². The lowest BCUT2D eigenvalue weighted by molar-refractivity contribution is -0.121. The van der Waals surface area contributed by atoms with Gasteiger partial charge in [0, 0.05) is 18.6 Å². The fourth-order valence-corrected chi connectivity index (χ4v) is 4.11. The highest BCUT2D eigenvalue weighted by Crippen LogP contribution is 2.43. The Balaban J connectivity index is 1.61. The van der Waals surface area contributed by atoms with Gasteiger partial charge in [-0.25, -0.2) is 4.79 Å². The van der Waals surface area contributed by atoms with Crippen LogP contribution in [-0.2, 0) is 19.7 Å². The molecule has 2 saturated heterocycles. The first kappa shape index (κ1) is 18.7. The molecule has 2 fully saturated rings. The molecule has 142 valence electrons. The molecule has 2 aliphatic heterocycles. The van der Waals surface area contributed by atoms with Crippen molar-refractivity contribution in [3.63, 3.8) is 0 Å². The van der Waals surface area contributed by atoms with Gasteiger partial charge in [0.05, 0.1) is 12.1 Å². The van der Waals surface area contributed by atoms with Crippen LogP contribution in [0, 0.1) is 0 Å². The number of ether oxygens (including phenoxy) is 2. The Labute approximate surface area is 154 Å². The number of nitrogens with zero attached hydrogens (tertiary/aromatic N) is 1. The van der Waals surface area contributed by atoms with E-state index in [1.807, 2.05) is 6.07 Å². The molecular formula is C20H28N2O4. The molecule has 26 heavy (non-hydrogen) atoms. The van der Waals surface area contributed by atoms with Crippen molar-refractivity contribution in [2.24, 2.45) is 0 Å². The molecule has 0 aliphatic carbocycles. The molecule has 0 unspecified atom stereocenters. The summed E-state index contributed by atoms with van der Waals surface area (Å²) in [5, 5.41) is 2.97. The number of amides is 2. The molecule has 1 N–H and O–H groups in total. The van der Waals surface area contributed by atoms with Gasteiger partial charge in [-0.15, -0.1) is 0 Å². The number of nitrogens with one attached hydrogen (secondary N) is 1. The first-order valence-corrected chi connectivity index (χ1v) is 9.28. The summed E-state index contributed by atoms with van der Waals surface area (Å²) in [6.07, 6.45) is 2.29. The topological polar surface area (TPSA) is 67.9 Å². The largest absolute Gasteiger partial charge is 0.448 e. The summed E-state index contributed by atoms with van der Waals surface area (Å²) in [4.78, 5) is 25.0. The molecule has 2 heterocycles. The highest BCUT2D eigenvalue weighted by molar-refractivity contribution is 5.82. The number of cyclic esters (lactones) is 1. The van der Waals surface area contributed by atoms with Crippen LogP contribution in [0.25, 0.3) is 0 Å². The average molecular weight is 360 g/mol. The fourth-order valence-electron chi connectivity index (χ4n) is 4.11. The standard InChI is InChI=1S/C20H28N2O4/c1-19(2)15-20(9-12-26-19,16-6-4-3-5-7-16)8-10-21-17(23)14-22-11-13-25-18(22)24/h3-7H,8-15H2,1-2H3,(H,21,23)/t20-/m1/s1. The van der Waals surface area contributed by atoms with E-state index in [1.165, 1.54) is 10.5 Å². The Bertz CT molecular complexity index is 646. The highest BCUT2D eigenvalue weighted by Gasteiger charge is 2.41. The minimum absolute atomic E-state index is 0.0110. The maximum Gasteiger partial charge on any atom is 0.410 e. The maximum absolute atomic E-state index is 12.2. The van der Waals surface area contributed by atoms with Crippen LogP contribution in [0.3, 0.4) is 0 Å². The lowest BCUT2D eigenvalue weighted by Gasteiger charge is -2.45. The normalized spacial score (nSPS) is 25.0. The summed E-state index contributed by atoms with van der Waals surface area (Å²) in [7, 11) is 0. The molecule has 2 amide bonds. The van der Waals surface area contributed by atoms with Crippen molar-refractivity contribution in [2.75, 3.05) is 32.8 Å². The van der Waals surface area contributed by atoms with Gasteiger partial charge in [0.25, 0.3) is 0 Å². The van der Waals surface area contributed by atoms with Crippen molar-refractivity contribution in [1.29, 1.82) is 0 Å². The second-order valence-corrected chi connectivity index (χ2v) is 7.82. The first-order valence-electron chi connectivity index (χ1n) is 9.28. The number of hydrogen-bond donors (Lipinski definition) is 1. The lowest BCUT2D eigenvalue weighted by Crippen LogP contribution is -2.46. The molecule has 0 saturated carbocycles. The van der Waals surface area contributed by atoms with E-state index in [0.717, 1.165) is 25.9 Å². The molecule has 1 aromatic rings. The van der Waals surface area contributed by atoms with E-state index in [1.54, 1.807) is 0 Å². The predicted octanol–water partition coefficient (Wildman–Crippen LogP) is 2.47. The molecule has 6 heteroatoms. The van der Waals surface area contributed by atoms with Crippen molar-refractivity contribution < 1.29 is 19.1 Å². The van der Waals surface area contributed by atoms with E-state index in [4.69, 9.17) is 9.47 Å². The summed E-state index contributed by atoms with van der Waals surface area (Å²) in [6.45, 7) is 6.45. The number of benzene rings is 1. The van der Waals surface area contributed by atoms with Crippen LogP contribution in [0.1, 0.15) is 38.7 Å². The van der Waals surface area contributed by atoms with Crippen molar-refractivity contribution >= 4 is 12.0 Å². The molecule has 0 spiro atoms. The van der Waals surface area contributed by atoms with Crippen LogP contribution in [0.15, 0.2) is 30.3 Å². The quantitative estimate of drug-likeness (QED) is 0.846. The van der Waals surface area contributed by atoms with Gasteiger partial charge >= 0.3 is 6.09 Å². The van der Waals surface area contributed by atoms with E-state index in [0.29, 0.717) is 19.7 Å². The van der Waals surface area contributed by atoms with Crippen molar-refractivity contribution in [1.82, 2.24) is 10.2 Å². The molecule has 6 nitrogen and oxygen atoms in total. The van der Waals surface area contributed by atoms with Gasteiger partial charge in [0.1, 0.15) is 13.2 Å². The molecule has 2 aliphatic rings. The Hall–Kier alpha value is -2.08. The minimum atomic E-state index is -0.410. The molecule has 0 bridgehead atoms. The van der Waals surface area contributed by atoms with Crippen molar-refractivity contribution in [3.8, 4) is 0 Å². The monoisotopic (exact) mass is 360 g/mol. The van der Waals surface area contributed by atoms with Gasteiger partial charge in [-0.1, -0.05) is 30.3 Å². The molecule has 1 aromatic carbocycles. The molecule has 0 aromatic heterocycles. The Kier molecular flexibility index (Phi) is 5.51. The average Bonchev–Trinajstić information content (AvgIpc) is 2.99. The third-order valence-corrected chi connectivity index (χ3v) is 5.33. The fraction of sp³-hybridized carbons (Fsp3) is 0.600. The number of hydrogen-bond acceptors (Lipinski definition) is 4. The lowest BCUT2D eigenvalue weighted by atomic mass is 9.67. The van der Waals surface area contributed by atoms with E-state index >= 15 is 0 Å². The Morgan fingerprint density at radius 2 is 2.00 bits per heavy atom. The zero-order valence-corrected chi connectivity index (χ0v) is 15.6. The Morgan fingerprint density at radius 1 is 1.23 bits per heavy atom. The maximum atomic E-state index is 12.2. The zero-order chi connectivity index (χ0) is 18.6. The summed E-state index contributed by atoms with van der Waals surface area (Å²) in [5.41, 5.74) is 1.11. The third-order valence-electron chi connectivity index (χ3n) is 5.33. The summed E-state index contributed by atoms with van der Waals surface area (Å²) in [6, 6.07) is 10.5. The summed E-state index contributed by atoms with van der Waals surface area (Å²) >= 11 is 0. The zero-order valence-electron chi connectivity index (χ0n) is 15.6. The van der Waals surface area contributed by atoms with Crippen LogP contribution >= 0.6 is 0 Å².